The number of aliphatic carboxylic acids is 1. The maximum absolute atomic E-state index is 13.2. The van der Waals surface area contributed by atoms with Crippen molar-refractivity contribution in [2.24, 2.45) is 27.9 Å². The summed E-state index contributed by atoms with van der Waals surface area (Å²) in [5.41, 5.74) is 23.8. The van der Waals surface area contributed by atoms with Crippen molar-refractivity contribution in [1.29, 1.82) is 0 Å². The summed E-state index contributed by atoms with van der Waals surface area (Å²) in [5, 5.41) is 17.8. The number of guanidine groups is 1. The smallest absolute Gasteiger partial charge is 0.326 e. The van der Waals surface area contributed by atoms with E-state index in [1.165, 1.54) is 11.8 Å². The number of carboxylic acids is 1. The molecule has 1 heterocycles. The van der Waals surface area contributed by atoms with Crippen LogP contribution in [0.4, 0.5) is 0 Å². The molecule has 0 aliphatic heterocycles. The molecule has 0 fully saturated rings. The number of hydrogen-bond acceptors (Lipinski definition) is 8. The molecular weight excluding hydrogens is 566 g/mol. The van der Waals surface area contributed by atoms with Crippen molar-refractivity contribution < 1.29 is 29.1 Å². The standard InChI is InChI=1S/C26H39N9O6S/c1-42-10-8-19(25(40)41)34-23(38)18(7-4-9-31-26(29)30)33-24(39)20(12-21(28)36)35-22(37)16(27)11-14-13-32-17-6-3-2-5-15(14)17/h2-3,5-6,13,16,18-20,32H,4,7-12,27H2,1H3,(H2,28,36)(H,33,39)(H,34,38)(H,35,37)(H,40,41)(H4,29,30,31). The number of H-pyrrole nitrogens is 1. The third-order valence-corrected chi connectivity index (χ3v) is 6.94. The van der Waals surface area contributed by atoms with Crippen molar-refractivity contribution in [2.75, 3.05) is 18.6 Å². The monoisotopic (exact) mass is 605 g/mol. The molecule has 0 saturated carbocycles. The van der Waals surface area contributed by atoms with Crippen LogP contribution in [0.15, 0.2) is 35.5 Å². The zero-order chi connectivity index (χ0) is 31.2. The summed E-state index contributed by atoms with van der Waals surface area (Å²) < 4.78 is 0. The van der Waals surface area contributed by atoms with E-state index >= 15 is 0 Å². The summed E-state index contributed by atoms with van der Waals surface area (Å²) in [4.78, 5) is 69.6. The fraction of sp³-hybridized carbons (Fsp3) is 0.462. The lowest BCUT2D eigenvalue weighted by Gasteiger charge is -2.25. The number of nitrogens with zero attached hydrogens (tertiary/aromatic N) is 1. The number of primary amides is 1. The van der Waals surface area contributed by atoms with Crippen molar-refractivity contribution >= 4 is 58.2 Å². The molecule has 15 nitrogen and oxygen atoms in total. The van der Waals surface area contributed by atoms with Gasteiger partial charge in [-0.05, 0) is 49.3 Å². The minimum atomic E-state index is -1.44. The van der Waals surface area contributed by atoms with Crippen molar-refractivity contribution in [2.45, 2.75) is 56.3 Å². The Morgan fingerprint density at radius 2 is 1.60 bits per heavy atom. The van der Waals surface area contributed by atoms with E-state index in [1.54, 1.807) is 12.5 Å². The topological polar surface area (TPSA) is 274 Å². The maximum atomic E-state index is 13.2. The number of nitrogens with one attached hydrogen (secondary N) is 4. The fourth-order valence-electron chi connectivity index (χ4n) is 4.13. The van der Waals surface area contributed by atoms with Crippen LogP contribution in [0.1, 0.15) is 31.2 Å². The third kappa shape index (κ3) is 10.9. The number of thioether (sulfide) groups is 1. The first-order chi connectivity index (χ1) is 19.9. The molecule has 0 radical (unpaired) electrons. The minimum Gasteiger partial charge on any atom is -0.480 e. The highest BCUT2D eigenvalue weighted by Crippen LogP contribution is 2.19. The summed E-state index contributed by atoms with van der Waals surface area (Å²) in [5.74, 6) is -4.14. The number of aromatic amines is 1. The third-order valence-electron chi connectivity index (χ3n) is 6.29. The number of carbonyl (C=O) groups excluding carboxylic acids is 4. The van der Waals surface area contributed by atoms with E-state index < -0.39 is 60.2 Å². The Hall–Kier alpha value is -4.31. The molecule has 0 spiro atoms. The van der Waals surface area contributed by atoms with Crippen molar-refractivity contribution in [3.8, 4) is 0 Å². The molecule has 0 saturated heterocycles. The van der Waals surface area contributed by atoms with E-state index in [4.69, 9.17) is 22.9 Å². The lowest BCUT2D eigenvalue weighted by molar-refractivity contribution is -0.142. The summed E-state index contributed by atoms with van der Waals surface area (Å²) >= 11 is 1.41. The predicted octanol–water partition coefficient (Wildman–Crippen LogP) is -1.74. The molecule has 230 valence electrons. The second kappa shape index (κ2) is 16.8. The summed E-state index contributed by atoms with van der Waals surface area (Å²) in [6.07, 6.45) is 3.55. The van der Waals surface area contributed by atoms with Crippen LogP contribution < -0.4 is 38.9 Å². The average Bonchev–Trinajstić information content (AvgIpc) is 3.34. The van der Waals surface area contributed by atoms with E-state index in [0.717, 1.165) is 16.5 Å². The first-order valence-corrected chi connectivity index (χ1v) is 14.6. The number of amides is 4. The first-order valence-electron chi connectivity index (χ1n) is 13.2. The first kappa shape index (κ1) is 33.9. The van der Waals surface area contributed by atoms with Gasteiger partial charge in [0, 0.05) is 23.6 Å². The fourth-order valence-corrected chi connectivity index (χ4v) is 4.60. The average molecular weight is 606 g/mol. The van der Waals surface area contributed by atoms with E-state index in [2.05, 4.69) is 25.9 Å². The van der Waals surface area contributed by atoms with Gasteiger partial charge in [-0.3, -0.25) is 24.2 Å². The lowest BCUT2D eigenvalue weighted by Crippen LogP contribution is -2.58. The quantitative estimate of drug-likeness (QED) is 0.0525. The molecule has 2 aromatic rings. The molecule has 0 aliphatic rings. The number of carboxylic acid groups (broad SMARTS) is 1. The summed E-state index contributed by atoms with van der Waals surface area (Å²) in [6, 6.07) is 2.54. The van der Waals surface area contributed by atoms with Gasteiger partial charge in [0.1, 0.15) is 18.1 Å². The molecule has 16 heteroatoms. The molecule has 4 atom stereocenters. The van der Waals surface area contributed by atoms with E-state index in [1.807, 2.05) is 24.3 Å². The van der Waals surface area contributed by atoms with E-state index in [9.17, 15) is 29.1 Å². The zero-order valence-corrected chi connectivity index (χ0v) is 24.1. The van der Waals surface area contributed by atoms with Crippen molar-refractivity contribution in [3.63, 3.8) is 0 Å². The van der Waals surface area contributed by atoms with Gasteiger partial charge in [-0.15, -0.1) is 0 Å². The van der Waals surface area contributed by atoms with E-state index in [0.29, 0.717) is 5.75 Å². The number of nitrogens with two attached hydrogens (primary N) is 4. The Kier molecular flexibility index (Phi) is 13.6. The van der Waals surface area contributed by atoms with Gasteiger partial charge in [0.25, 0.3) is 0 Å². The number of fused-ring (bicyclic) bond motifs is 1. The number of aromatic nitrogens is 1. The molecule has 4 amide bonds. The van der Waals surface area contributed by atoms with Crippen LogP contribution in [0.2, 0.25) is 0 Å². The number of rotatable bonds is 18. The van der Waals surface area contributed by atoms with Gasteiger partial charge in [0.2, 0.25) is 23.6 Å². The van der Waals surface area contributed by atoms with Crippen LogP contribution in [-0.2, 0) is 30.4 Å². The van der Waals surface area contributed by atoms with Crippen molar-refractivity contribution in [1.82, 2.24) is 20.9 Å². The molecule has 2 rings (SSSR count). The highest BCUT2D eigenvalue weighted by atomic mass is 32.2. The largest absolute Gasteiger partial charge is 0.480 e. The Labute approximate surface area is 247 Å². The molecule has 4 unspecified atom stereocenters. The van der Waals surface area contributed by atoms with Crippen LogP contribution in [0.3, 0.4) is 0 Å². The minimum absolute atomic E-state index is 0.0283. The molecule has 0 bridgehead atoms. The van der Waals surface area contributed by atoms with Gasteiger partial charge < -0.3 is 49.0 Å². The molecule has 1 aromatic carbocycles. The number of para-hydroxylation sites is 1. The van der Waals surface area contributed by atoms with Gasteiger partial charge in [0.15, 0.2) is 5.96 Å². The van der Waals surface area contributed by atoms with Gasteiger partial charge in [0.05, 0.1) is 12.5 Å². The SMILES string of the molecule is CSCCC(NC(=O)C(CCCN=C(N)N)NC(=O)C(CC(N)=O)NC(=O)C(N)Cc1c[nH]c2ccccc12)C(=O)O. The molecule has 13 N–H and O–H groups in total. The Morgan fingerprint density at radius 3 is 2.24 bits per heavy atom. The Balaban J connectivity index is 2.16. The molecule has 0 aliphatic carbocycles. The summed E-state index contributed by atoms with van der Waals surface area (Å²) in [7, 11) is 0. The second-order valence-electron chi connectivity index (χ2n) is 9.59. The van der Waals surface area contributed by atoms with Crippen LogP contribution in [0, 0.1) is 0 Å². The lowest BCUT2D eigenvalue weighted by atomic mass is 10.0. The van der Waals surface area contributed by atoms with Crippen LogP contribution in [0.5, 0.6) is 0 Å². The van der Waals surface area contributed by atoms with Crippen molar-refractivity contribution in [3.05, 3.63) is 36.0 Å². The van der Waals surface area contributed by atoms with Gasteiger partial charge in [-0.25, -0.2) is 4.79 Å². The van der Waals surface area contributed by atoms with E-state index in [-0.39, 0.29) is 38.2 Å². The predicted molar refractivity (Wildman–Crippen MR) is 160 cm³/mol. The number of benzene rings is 1. The number of aliphatic imine (C=N–C) groups is 1. The van der Waals surface area contributed by atoms with Gasteiger partial charge in [-0.1, -0.05) is 18.2 Å². The number of hydrogen-bond donors (Lipinski definition) is 9. The zero-order valence-electron chi connectivity index (χ0n) is 23.3. The second-order valence-corrected chi connectivity index (χ2v) is 10.6. The number of carbonyl (C=O) groups is 5. The van der Waals surface area contributed by atoms with Crippen LogP contribution in [0.25, 0.3) is 10.9 Å². The molecule has 1 aromatic heterocycles. The Morgan fingerprint density at radius 1 is 0.952 bits per heavy atom. The summed E-state index contributed by atoms with van der Waals surface area (Å²) in [6.45, 7) is 0.140. The molecule has 42 heavy (non-hydrogen) atoms. The molecular formula is C26H39N9O6S. The normalized spacial score (nSPS) is 13.8. The highest BCUT2D eigenvalue weighted by Gasteiger charge is 2.31. The highest BCUT2D eigenvalue weighted by molar-refractivity contribution is 7.98. The van der Waals surface area contributed by atoms with Crippen LogP contribution in [-0.4, -0.2) is 88.4 Å². The van der Waals surface area contributed by atoms with Gasteiger partial charge >= 0.3 is 5.97 Å². The van der Waals surface area contributed by atoms with Crippen LogP contribution >= 0.6 is 11.8 Å². The maximum Gasteiger partial charge on any atom is 0.326 e. The van der Waals surface area contributed by atoms with Gasteiger partial charge in [-0.2, -0.15) is 11.8 Å². The Bertz CT molecular complexity index is 1280.